The summed E-state index contributed by atoms with van der Waals surface area (Å²) in [5.74, 6) is -0.764. The number of carboxylic acid groups (broad SMARTS) is 1. The summed E-state index contributed by atoms with van der Waals surface area (Å²) in [7, 11) is -3.53. The summed E-state index contributed by atoms with van der Waals surface area (Å²) < 4.78 is 26.9. The first-order valence-corrected chi connectivity index (χ1v) is 8.26. The fourth-order valence-corrected chi connectivity index (χ4v) is 2.89. The van der Waals surface area contributed by atoms with E-state index in [9.17, 15) is 13.2 Å². The number of hydrogen-bond acceptors (Lipinski definition) is 3. The normalized spacial score (nSPS) is 13.5. The fourth-order valence-electron chi connectivity index (χ4n) is 1.64. The lowest BCUT2D eigenvalue weighted by atomic mass is 10.1. The number of nitrogens with one attached hydrogen (secondary N) is 1. The van der Waals surface area contributed by atoms with Gasteiger partial charge in [0, 0.05) is 12.6 Å². The van der Waals surface area contributed by atoms with Crippen molar-refractivity contribution in [3.05, 3.63) is 35.4 Å². The van der Waals surface area contributed by atoms with E-state index in [4.69, 9.17) is 5.11 Å². The van der Waals surface area contributed by atoms with Crippen LogP contribution in [0.15, 0.2) is 29.2 Å². The molecule has 2 N–H and O–H groups in total. The van der Waals surface area contributed by atoms with Gasteiger partial charge >= 0.3 is 5.97 Å². The van der Waals surface area contributed by atoms with Crippen molar-refractivity contribution >= 4 is 22.1 Å². The molecular weight excluding hydrogens is 290 g/mol. The van der Waals surface area contributed by atoms with Gasteiger partial charge in [-0.25, -0.2) is 17.9 Å². The second-order valence-electron chi connectivity index (χ2n) is 5.06. The fraction of sp³-hybridized carbons (Fsp3) is 0.400. The van der Waals surface area contributed by atoms with Gasteiger partial charge in [0.1, 0.15) is 0 Å². The molecule has 0 aliphatic rings. The average Bonchev–Trinajstić information content (AvgIpc) is 2.43. The first kappa shape index (κ1) is 17.4. The highest BCUT2D eigenvalue weighted by molar-refractivity contribution is 7.89. The zero-order valence-corrected chi connectivity index (χ0v) is 13.3. The van der Waals surface area contributed by atoms with E-state index in [1.807, 2.05) is 13.8 Å². The molecule has 0 aromatic heterocycles. The molecule has 0 heterocycles. The molecule has 0 saturated carbocycles. The Morgan fingerprint density at radius 1 is 1.43 bits per heavy atom. The van der Waals surface area contributed by atoms with Crippen molar-refractivity contribution in [1.29, 1.82) is 0 Å². The Morgan fingerprint density at radius 2 is 2.10 bits per heavy atom. The van der Waals surface area contributed by atoms with Crippen LogP contribution in [0.2, 0.25) is 0 Å². The maximum Gasteiger partial charge on any atom is 0.328 e. The minimum Gasteiger partial charge on any atom is -0.478 e. The van der Waals surface area contributed by atoms with E-state index >= 15 is 0 Å². The molecule has 0 aliphatic heterocycles. The summed E-state index contributed by atoms with van der Waals surface area (Å²) >= 11 is 0. The molecule has 0 saturated heterocycles. The van der Waals surface area contributed by atoms with Crippen molar-refractivity contribution < 1.29 is 18.3 Å². The Hall–Kier alpha value is -1.66. The number of aliphatic carboxylic acids is 1. The SMILES string of the molecule is CCC(C)CNS(=O)(=O)c1ccc(C=CC(=O)O)c(C)c1. The van der Waals surface area contributed by atoms with Gasteiger partial charge in [-0.1, -0.05) is 26.3 Å². The van der Waals surface area contributed by atoms with Crippen LogP contribution in [0.1, 0.15) is 31.4 Å². The van der Waals surface area contributed by atoms with Gasteiger partial charge < -0.3 is 5.11 Å². The van der Waals surface area contributed by atoms with Crippen LogP contribution in [-0.2, 0) is 14.8 Å². The van der Waals surface area contributed by atoms with Gasteiger partial charge in [0.2, 0.25) is 10.0 Å². The largest absolute Gasteiger partial charge is 0.478 e. The van der Waals surface area contributed by atoms with Crippen LogP contribution in [0.4, 0.5) is 0 Å². The van der Waals surface area contributed by atoms with Crippen LogP contribution in [0, 0.1) is 12.8 Å². The highest BCUT2D eigenvalue weighted by Crippen LogP contribution is 2.17. The van der Waals surface area contributed by atoms with Gasteiger partial charge in [0.25, 0.3) is 0 Å². The molecule has 1 aromatic carbocycles. The number of carbonyl (C=O) groups is 1. The molecule has 0 bridgehead atoms. The van der Waals surface area contributed by atoms with Crippen molar-refractivity contribution in [2.24, 2.45) is 5.92 Å². The van der Waals surface area contributed by atoms with Crippen LogP contribution in [-0.4, -0.2) is 26.0 Å². The van der Waals surface area contributed by atoms with Crippen molar-refractivity contribution in [3.63, 3.8) is 0 Å². The molecule has 1 aromatic rings. The standard InChI is InChI=1S/C15H21NO4S/c1-4-11(2)10-16-21(19,20)14-7-5-13(12(3)9-14)6-8-15(17)18/h5-9,11,16H,4,10H2,1-3H3,(H,17,18). The van der Waals surface area contributed by atoms with Gasteiger partial charge in [0.05, 0.1) is 4.90 Å². The lowest BCUT2D eigenvalue weighted by Crippen LogP contribution is -2.28. The third-order valence-electron chi connectivity index (χ3n) is 3.28. The third kappa shape index (κ3) is 5.32. The molecule has 0 radical (unpaired) electrons. The quantitative estimate of drug-likeness (QED) is 0.757. The Morgan fingerprint density at radius 3 is 2.62 bits per heavy atom. The summed E-state index contributed by atoms with van der Waals surface area (Å²) in [6.07, 6.45) is 3.37. The Bertz CT molecular complexity index is 635. The van der Waals surface area contributed by atoms with Crippen molar-refractivity contribution in [2.75, 3.05) is 6.54 Å². The molecule has 21 heavy (non-hydrogen) atoms. The van der Waals surface area contributed by atoms with Gasteiger partial charge in [-0.2, -0.15) is 0 Å². The summed E-state index contributed by atoms with van der Waals surface area (Å²) in [6.45, 7) is 6.13. The number of carboxylic acids is 1. The van der Waals surface area contributed by atoms with E-state index in [0.29, 0.717) is 17.7 Å². The van der Waals surface area contributed by atoms with Crippen LogP contribution >= 0.6 is 0 Å². The first-order valence-electron chi connectivity index (χ1n) is 6.77. The van der Waals surface area contributed by atoms with Crippen LogP contribution in [0.5, 0.6) is 0 Å². The number of hydrogen-bond donors (Lipinski definition) is 2. The van der Waals surface area contributed by atoms with E-state index in [2.05, 4.69) is 4.72 Å². The van der Waals surface area contributed by atoms with Crippen LogP contribution in [0.25, 0.3) is 6.08 Å². The summed E-state index contributed by atoms with van der Waals surface area (Å²) in [6, 6.07) is 4.63. The molecule has 1 unspecified atom stereocenters. The predicted octanol–water partition coefficient (Wildman–Crippen LogP) is 2.42. The smallest absolute Gasteiger partial charge is 0.328 e. The lowest BCUT2D eigenvalue weighted by molar-refractivity contribution is -0.131. The van der Waals surface area contributed by atoms with Gasteiger partial charge in [-0.15, -0.1) is 0 Å². The maximum atomic E-state index is 12.2. The maximum absolute atomic E-state index is 12.2. The lowest BCUT2D eigenvalue weighted by Gasteiger charge is -2.12. The average molecular weight is 311 g/mol. The molecule has 1 rings (SSSR count). The number of benzene rings is 1. The van der Waals surface area contributed by atoms with E-state index in [-0.39, 0.29) is 10.8 Å². The van der Waals surface area contributed by atoms with Gasteiger partial charge in [-0.3, -0.25) is 0 Å². The van der Waals surface area contributed by atoms with Gasteiger partial charge in [0.15, 0.2) is 0 Å². The molecule has 0 fully saturated rings. The topological polar surface area (TPSA) is 83.5 Å². The molecule has 6 heteroatoms. The molecule has 116 valence electrons. The number of aryl methyl sites for hydroxylation is 1. The first-order chi connectivity index (χ1) is 9.76. The Kier molecular flexibility index (Phi) is 6.11. The summed E-state index contributed by atoms with van der Waals surface area (Å²) in [5.41, 5.74) is 1.39. The van der Waals surface area contributed by atoms with E-state index in [0.717, 1.165) is 12.5 Å². The molecule has 0 amide bonds. The predicted molar refractivity (Wildman–Crippen MR) is 82.5 cm³/mol. The summed E-state index contributed by atoms with van der Waals surface area (Å²) in [5, 5.41) is 8.60. The Labute approximate surface area is 125 Å². The van der Waals surface area contributed by atoms with E-state index in [1.54, 1.807) is 19.1 Å². The molecule has 0 aliphatic carbocycles. The van der Waals surface area contributed by atoms with E-state index in [1.165, 1.54) is 12.1 Å². The van der Waals surface area contributed by atoms with Crippen molar-refractivity contribution in [1.82, 2.24) is 4.72 Å². The second kappa shape index (κ2) is 7.38. The van der Waals surface area contributed by atoms with E-state index < -0.39 is 16.0 Å². The molecular formula is C15H21NO4S. The Balaban J connectivity index is 2.94. The molecule has 1 atom stereocenters. The highest BCUT2D eigenvalue weighted by atomic mass is 32.2. The monoisotopic (exact) mass is 311 g/mol. The minimum atomic E-state index is -3.53. The summed E-state index contributed by atoms with van der Waals surface area (Å²) in [4.78, 5) is 10.7. The number of sulfonamides is 1. The molecule has 0 spiro atoms. The van der Waals surface area contributed by atoms with Gasteiger partial charge in [-0.05, 0) is 42.2 Å². The minimum absolute atomic E-state index is 0.191. The van der Waals surface area contributed by atoms with Crippen molar-refractivity contribution in [2.45, 2.75) is 32.1 Å². The second-order valence-corrected chi connectivity index (χ2v) is 6.82. The highest BCUT2D eigenvalue weighted by Gasteiger charge is 2.15. The third-order valence-corrected chi connectivity index (χ3v) is 4.70. The van der Waals surface area contributed by atoms with Crippen LogP contribution in [0.3, 0.4) is 0 Å². The van der Waals surface area contributed by atoms with Crippen LogP contribution < -0.4 is 4.72 Å². The zero-order chi connectivity index (χ0) is 16.0. The number of rotatable bonds is 7. The zero-order valence-electron chi connectivity index (χ0n) is 12.5. The molecule has 5 nitrogen and oxygen atoms in total. The van der Waals surface area contributed by atoms with Crippen molar-refractivity contribution in [3.8, 4) is 0 Å².